The van der Waals surface area contributed by atoms with Gasteiger partial charge in [-0.25, -0.2) is 8.78 Å². The Morgan fingerprint density at radius 2 is 1.55 bits per heavy atom. The lowest BCUT2D eigenvalue weighted by Crippen LogP contribution is -2.32. The van der Waals surface area contributed by atoms with Crippen molar-refractivity contribution in [2.45, 2.75) is 52.1 Å². The molecular formula is C31H36F2N3O2-. The van der Waals surface area contributed by atoms with E-state index in [9.17, 15) is 18.7 Å². The number of benzene rings is 3. The predicted molar refractivity (Wildman–Crippen MR) is 146 cm³/mol. The van der Waals surface area contributed by atoms with Gasteiger partial charge in [-0.3, -0.25) is 9.79 Å². The summed E-state index contributed by atoms with van der Waals surface area (Å²) in [6.07, 6.45) is 2.41. The van der Waals surface area contributed by atoms with Crippen LogP contribution in [0.4, 0.5) is 8.78 Å². The molecule has 1 atom stereocenters. The van der Waals surface area contributed by atoms with Crippen LogP contribution in [0.15, 0.2) is 77.8 Å². The molecule has 0 aliphatic heterocycles. The van der Waals surface area contributed by atoms with Gasteiger partial charge in [0.25, 0.3) is 5.91 Å². The van der Waals surface area contributed by atoms with Crippen LogP contribution in [-0.4, -0.2) is 42.4 Å². The van der Waals surface area contributed by atoms with Crippen LogP contribution in [0.1, 0.15) is 60.2 Å². The smallest absolute Gasteiger partial charge is 0.253 e. The lowest BCUT2D eigenvalue weighted by atomic mass is 10.0. The molecule has 5 nitrogen and oxygen atoms in total. The number of carbonyl (C=O) groups is 1. The molecular weight excluding hydrogens is 484 g/mol. The third-order valence-corrected chi connectivity index (χ3v) is 6.15. The maximum Gasteiger partial charge on any atom is 0.253 e. The van der Waals surface area contributed by atoms with Crippen molar-refractivity contribution in [2.75, 3.05) is 19.6 Å². The predicted octanol–water partition coefficient (Wildman–Crippen LogP) is 5.13. The monoisotopic (exact) mass is 520 g/mol. The molecule has 1 N–H and O–H groups in total. The normalized spacial score (nSPS) is 12.4. The standard InChI is InChI=1S/C31H37F2N3O2/c1-3-15-36(16-4-2)31(38)26-12-8-11-25(20-26)30(37)35-29(19-24-17-27(32)21-28(33)18-24)13-14-34-22-23-9-6-5-7-10-23/h5-12,17-18,20-21,29,34H,3-4,13-16,19,22H2,1-2H3,(H,35,37)/p-1/t29-/m1/s1. The zero-order valence-corrected chi connectivity index (χ0v) is 22.1. The Kier molecular flexibility index (Phi) is 11.4. The molecule has 0 spiro atoms. The molecule has 7 heteroatoms. The molecule has 0 aliphatic rings. The molecule has 0 unspecified atom stereocenters. The number of nitrogens with one attached hydrogen (secondary N) is 1. The zero-order valence-electron chi connectivity index (χ0n) is 22.1. The minimum Gasteiger partial charge on any atom is -0.858 e. The Hall–Kier alpha value is -3.58. The summed E-state index contributed by atoms with van der Waals surface area (Å²) >= 11 is 0. The molecule has 202 valence electrons. The van der Waals surface area contributed by atoms with Crippen molar-refractivity contribution in [1.29, 1.82) is 0 Å². The van der Waals surface area contributed by atoms with Crippen molar-refractivity contribution in [3.63, 3.8) is 0 Å². The van der Waals surface area contributed by atoms with Gasteiger partial charge < -0.3 is 15.3 Å². The number of nitrogens with zero attached hydrogens (tertiary/aromatic N) is 2. The van der Waals surface area contributed by atoms with E-state index in [0.717, 1.165) is 24.5 Å². The van der Waals surface area contributed by atoms with Gasteiger partial charge in [-0.05, 0) is 79.1 Å². The lowest BCUT2D eigenvalue weighted by molar-refractivity contribution is -0.213. The summed E-state index contributed by atoms with van der Waals surface area (Å²) < 4.78 is 27.6. The van der Waals surface area contributed by atoms with Crippen LogP contribution in [0, 0.1) is 11.6 Å². The molecule has 0 fully saturated rings. The first kappa shape index (κ1) is 29.0. The number of hydrogen-bond donors (Lipinski definition) is 1. The summed E-state index contributed by atoms with van der Waals surface area (Å²) in [5.74, 6) is -1.90. The number of amides is 1. The minimum absolute atomic E-state index is 0.111. The van der Waals surface area contributed by atoms with Crippen LogP contribution in [0.5, 0.6) is 0 Å². The lowest BCUT2D eigenvalue weighted by Gasteiger charge is -2.23. The Labute approximate surface area is 224 Å². The molecule has 1 amide bonds. The van der Waals surface area contributed by atoms with E-state index in [4.69, 9.17) is 0 Å². The summed E-state index contributed by atoms with van der Waals surface area (Å²) in [7, 11) is 0. The maximum atomic E-state index is 13.8. The Morgan fingerprint density at radius 3 is 2.21 bits per heavy atom. The summed E-state index contributed by atoms with van der Waals surface area (Å²) in [4.78, 5) is 19.2. The highest BCUT2D eigenvalue weighted by Crippen LogP contribution is 2.15. The summed E-state index contributed by atoms with van der Waals surface area (Å²) in [5.41, 5.74) is 2.33. The van der Waals surface area contributed by atoms with Gasteiger partial charge in [0.15, 0.2) is 0 Å². The first-order chi connectivity index (χ1) is 18.4. The van der Waals surface area contributed by atoms with Gasteiger partial charge in [0.05, 0.1) is 6.04 Å². The van der Waals surface area contributed by atoms with Crippen molar-refractivity contribution in [2.24, 2.45) is 4.99 Å². The summed E-state index contributed by atoms with van der Waals surface area (Å²) in [6.45, 7) is 6.57. The topological polar surface area (TPSA) is 67.8 Å². The van der Waals surface area contributed by atoms with Crippen molar-refractivity contribution >= 4 is 11.8 Å². The van der Waals surface area contributed by atoms with Crippen LogP contribution in [0.25, 0.3) is 0 Å². The average Bonchev–Trinajstić information content (AvgIpc) is 2.90. The van der Waals surface area contributed by atoms with Crippen LogP contribution < -0.4 is 10.4 Å². The molecule has 0 bridgehead atoms. The van der Waals surface area contributed by atoms with E-state index < -0.39 is 23.6 Å². The molecule has 38 heavy (non-hydrogen) atoms. The molecule has 0 heterocycles. The highest BCUT2D eigenvalue weighted by molar-refractivity contribution is 5.98. The fourth-order valence-electron chi connectivity index (χ4n) is 4.37. The SMILES string of the molecule is CCCN(CCC)C(=O)c1cccc(C([O-])=N[C@H](CCNCc2ccccc2)Cc2cc(F)cc(F)c2)c1. The van der Waals surface area contributed by atoms with Gasteiger partial charge in [-0.2, -0.15) is 0 Å². The third kappa shape index (κ3) is 9.06. The molecule has 3 rings (SSSR count). The molecule has 0 aromatic heterocycles. The van der Waals surface area contributed by atoms with E-state index in [1.165, 1.54) is 12.1 Å². The minimum atomic E-state index is -0.665. The van der Waals surface area contributed by atoms with E-state index in [1.54, 1.807) is 29.2 Å². The molecule has 0 aliphatic carbocycles. The van der Waals surface area contributed by atoms with Crippen molar-refractivity contribution in [3.05, 3.63) is 107 Å². The number of aliphatic imine (C=N–C) groups is 1. The highest BCUT2D eigenvalue weighted by Gasteiger charge is 2.15. The van der Waals surface area contributed by atoms with Crippen LogP contribution in [0.3, 0.4) is 0 Å². The largest absolute Gasteiger partial charge is 0.858 e. The second-order valence-corrected chi connectivity index (χ2v) is 9.39. The Morgan fingerprint density at radius 1 is 0.895 bits per heavy atom. The summed E-state index contributed by atoms with van der Waals surface area (Å²) in [6, 6.07) is 19.4. The van der Waals surface area contributed by atoms with Gasteiger partial charge in [0.1, 0.15) is 11.6 Å². The number of carbonyl (C=O) groups excluding carboxylic acids is 1. The third-order valence-electron chi connectivity index (χ3n) is 6.15. The average molecular weight is 521 g/mol. The van der Waals surface area contributed by atoms with Gasteiger partial charge in [-0.15, -0.1) is 0 Å². The molecule has 0 radical (unpaired) electrons. The van der Waals surface area contributed by atoms with Gasteiger partial charge in [-0.1, -0.05) is 56.3 Å². The number of hydrogen-bond acceptors (Lipinski definition) is 4. The second kappa shape index (κ2) is 15.0. The Bertz CT molecular complexity index is 1170. The summed E-state index contributed by atoms with van der Waals surface area (Å²) in [5, 5.41) is 16.5. The van der Waals surface area contributed by atoms with E-state index >= 15 is 0 Å². The van der Waals surface area contributed by atoms with Gasteiger partial charge in [0.2, 0.25) is 0 Å². The van der Waals surface area contributed by atoms with Gasteiger partial charge >= 0.3 is 0 Å². The zero-order chi connectivity index (χ0) is 27.3. The van der Waals surface area contributed by atoms with E-state index in [0.29, 0.717) is 49.3 Å². The van der Waals surface area contributed by atoms with Gasteiger partial charge in [0, 0.05) is 31.3 Å². The van der Waals surface area contributed by atoms with Crippen molar-refractivity contribution in [3.8, 4) is 0 Å². The molecule has 0 saturated heterocycles. The van der Waals surface area contributed by atoms with Crippen LogP contribution in [0.2, 0.25) is 0 Å². The fourth-order valence-corrected chi connectivity index (χ4v) is 4.37. The Balaban J connectivity index is 1.78. The van der Waals surface area contributed by atoms with E-state index in [2.05, 4.69) is 10.3 Å². The fraction of sp³-hybridized carbons (Fsp3) is 0.355. The first-order valence-electron chi connectivity index (χ1n) is 13.2. The van der Waals surface area contributed by atoms with E-state index in [1.807, 2.05) is 44.2 Å². The highest BCUT2D eigenvalue weighted by atomic mass is 19.1. The number of rotatable bonds is 14. The number of halogens is 2. The quantitative estimate of drug-likeness (QED) is 0.182. The maximum absolute atomic E-state index is 13.8. The van der Waals surface area contributed by atoms with Crippen molar-refractivity contribution in [1.82, 2.24) is 10.2 Å². The van der Waals surface area contributed by atoms with Crippen LogP contribution >= 0.6 is 0 Å². The second-order valence-electron chi connectivity index (χ2n) is 9.39. The molecule has 0 saturated carbocycles. The van der Waals surface area contributed by atoms with Crippen molar-refractivity contribution < 1.29 is 18.7 Å². The van der Waals surface area contributed by atoms with Crippen LogP contribution in [-0.2, 0) is 13.0 Å². The first-order valence-corrected chi connectivity index (χ1v) is 13.2. The molecule has 3 aromatic carbocycles. The van der Waals surface area contributed by atoms with E-state index in [-0.39, 0.29) is 12.3 Å². The molecule has 3 aromatic rings.